The van der Waals surface area contributed by atoms with Gasteiger partial charge in [-0.3, -0.25) is 0 Å². The van der Waals surface area contributed by atoms with Gasteiger partial charge in [-0.25, -0.2) is 4.79 Å². The lowest BCUT2D eigenvalue weighted by Gasteiger charge is -2.05. The molecule has 0 fully saturated rings. The van der Waals surface area contributed by atoms with Crippen LogP contribution < -0.4 is 0 Å². The van der Waals surface area contributed by atoms with Gasteiger partial charge in [0.05, 0.1) is 5.56 Å². The Kier molecular flexibility index (Phi) is 2.95. The zero-order valence-corrected chi connectivity index (χ0v) is 7.75. The van der Waals surface area contributed by atoms with E-state index in [1.54, 1.807) is 6.07 Å². The lowest BCUT2D eigenvalue weighted by atomic mass is 10.0. The summed E-state index contributed by atoms with van der Waals surface area (Å²) in [6, 6.07) is 4.26. The zero-order chi connectivity index (χ0) is 10.7. The summed E-state index contributed by atoms with van der Waals surface area (Å²) in [6.45, 7) is 0. The number of alkyl halides is 1. The molecular weight excluding hydrogens is 206 g/mol. The van der Waals surface area contributed by atoms with Gasteiger partial charge in [0, 0.05) is 5.88 Å². The van der Waals surface area contributed by atoms with Crippen LogP contribution in [0.2, 0.25) is 0 Å². The van der Waals surface area contributed by atoms with Gasteiger partial charge >= 0.3 is 5.97 Å². The lowest BCUT2D eigenvalue weighted by Crippen LogP contribution is -2.04. The Morgan fingerprint density at radius 2 is 2.21 bits per heavy atom. The number of hydrogen-bond donors (Lipinski definition) is 2. The Labute approximate surface area is 85.0 Å². The Morgan fingerprint density at radius 3 is 2.64 bits per heavy atom. The molecule has 0 heterocycles. The predicted molar refractivity (Wildman–Crippen MR) is 49.3 cm³/mol. The molecule has 1 rings (SSSR count). The average molecular weight is 212 g/mol. The molecule has 0 aliphatic rings. The molecule has 0 radical (unpaired) electrons. The maximum absolute atomic E-state index is 10.8. The van der Waals surface area contributed by atoms with Gasteiger partial charge in [-0.1, -0.05) is 6.07 Å². The van der Waals surface area contributed by atoms with Crippen molar-refractivity contribution in [3.05, 3.63) is 28.8 Å². The number of nitriles is 1. The number of carbonyl (C=O) groups is 1. The van der Waals surface area contributed by atoms with Gasteiger partial charge in [0.15, 0.2) is 0 Å². The summed E-state index contributed by atoms with van der Waals surface area (Å²) in [5.74, 6) is -1.64. The minimum atomic E-state index is -1.27. The van der Waals surface area contributed by atoms with E-state index < -0.39 is 5.97 Å². The number of phenols is 1. The van der Waals surface area contributed by atoms with Crippen molar-refractivity contribution in [1.29, 1.82) is 5.26 Å². The highest BCUT2D eigenvalue weighted by Gasteiger charge is 2.18. The number of hydrogen-bond acceptors (Lipinski definition) is 3. The first-order chi connectivity index (χ1) is 6.61. The van der Waals surface area contributed by atoms with Crippen LogP contribution in [0.5, 0.6) is 5.75 Å². The topological polar surface area (TPSA) is 81.3 Å². The number of aromatic hydroxyl groups is 1. The fraction of sp³-hybridized carbons (Fsp3) is 0.111. The maximum atomic E-state index is 10.8. The summed E-state index contributed by atoms with van der Waals surface area (Å²) in [4.78, 5) is 10.8. The third-order valence-corrected chi connectivity index (χ3v) is 2.03. The summed E-state index contributed by atoms with van der Waals surface area (Å²) < 4.78 is 0. The third kappa shape index (κ3) is 1.63. The van der Waals surface area contributed by atoms with Crippen molar-refractivity contribution in [2.24, 2.45) is 0 Å². The van der Waals surface area contributed by atoms with Gasteiger partial charge in [-0.15, -0.1) is 11.6 Å². The number of carboxylic acid groups (broad SMARTS) is 1. The molecule has 2 N–H and O–H groups in total. The fourth-order valence-electron chi connectivity index (χ4n) is 1.10. The average Bonchev–Trinajstić information content (AvgIpc) is 2.17. The van der Waals surface area contributed by atoms with E-state index in [2.05, 4.69) is 0 Å². The zero-order valence-electron chi connectivity index (χ0n) is 6.99. The van der Waals surface area contributed by atoms with E-state index >= 15 is 0 Å². The molecule has 4 nitrogen and oxygen atoms in total. The van der Waals surface area contributed by atoms with Gasteiger partial charge < -0.3 is 10.2 Å². The number of aromatic carboxylic acids is 1. The van der Waals surface area contributed by atoms with Crippen LogP contribution in [0, 0.1) is 11.3 Å². The molecule has 0 saturated heterocycles. The number of nitrogens with zero attached hydrogens (tertiary/aromatic N) is 1. The number of benzene rings is 1. The van der Waals surface area contributed by atoms with Gasteiger partial charge in [0.2, 0.25) is 0 Å². The van der Waals surface area contributed by atoms with Crippen molar-refractivity contribution in [3.8, 4) is 11.8 Å². The van der Waals surface area contributed by atoms with Crippen LogP contribution in [0.25, 0.3) is 0 Å². The van der Waals surface area contributed by atoms with Gasteiger partial charge in [0.1, 0.15) is 17.4 Å². The molecule has 0 amide bonds. The SMILES string of the molecule is N#Cc1c(O)ccc(CCl)c1C(=O)O. The smallest absolute Gasteiger partial charge is 0.337 e. The Bertz CT molecular complexity index is 423. The monoisotopic (exact) mass is 211 g/mol. The first-order valence-corrected chi connectivity index (χ1v) is 4.19. The Morgan fingerprint density at radius 1 is 1.57 bits per heavy atom. The second-order valence-electron chi connectivity index (χ2n) is 2.54. The highest BCUT2D eigenvalue weighted by atomic mass is 35.5. The van der Waals surface area contributed by atoms with Crippen molar-refractivity contribution in [2.75, 3.05) is 0 Å². The summed E-state index contributed by atoms with van der Waals surface area (Å²) in [6.07, 6.45) is 0. The molecule has 0 bridgehead atoms. The van der Waals surface area contributed by atoms with Crippen LogP contribution >= 0.6 is 11.6 Å². The minimum absolute atomic E-state index is 0.0173. The number of carboxylic acids is 1. The quantitative estimate of drug-likeness (QED) is 0.730. The van der Waals surface area contributed by atoms with Crippen molar-refractivity contribution in [2.45, 2.75) is 5.88 Å². The molecule has 0 atom stereocenters. The van der Waals surface area contributed by atoms with Crippen LogP contribution in [-0.4, -0.2) is 16.2 Å². The van der Waals surface area contributed by atoms with Crippen LogP contribution in [0.15, 0.2) is 12.1 Å². The predicted octanol–water partition coefficient (Wildman–Crippen LogP) is 1.70. The van der Waals surface area contributed by atoms with E-state index in [0.717, 1.165) is 0 Å². The molecule has 0 unspecified atom stereocenters. The standard InChI is InChI=1S/C9H6ClNO3/c10-3-5-1-2-7(12)6(4-11)8(5)9(13)14/h1-2,12H,3H2,(H,13,14). The van der Waals surface area contributed by atoms with Crippen LogP contribution in [0.3, 0.4) is 0 Å². The van der Waals surface area contributed by atoms with Crippen LogP contribution in [-0.2, 0) is 5.88 Å². The first-order valence-electron chi connectivity index (χ1n) is 3.66. The summed E-state index contributed by atoms with van der Waals surface area (Å²) in [5.41, 5.74) is -0.174. The molecule has 0 spiro atoms. The summed E-state index contributed by atoms with van der Waals surface area (Å²) in [7, 11) is 0. The van der Waals surface area contributed by atoms with Crippen molar-refractivity contribution < 1.29 is 15.0 Å². The summed E-state index contributed by atoms with van der Waals surface area (Å²) >= 11 is 5.50. The summed E-state index contributed by atoms with van der Waals surface area (Å²) in [5, 5.41) is 26.7. The molecule has 0 saturated carbocycles. The highest BCUT2D eigenvalue weighted by molar-refractivity contribution is 6.17. The molecule has 5 heteroatoms. The Hall–Kier alpha value is -1.73. The number of halogens is 1. The largest absolute Gasteiger partial charge is 0.507 e. The van der Waals surface area contributed by atoms with E-state index in [1.807, 2.05) is 0 Å². The van der Waals surface area contributed by atoms with Crippen molar-refractivity contribution in [3.63, 3.8) is 0 Å². The van der Waals surface area contributed by atoms with E-state index in [-0.39, 0.29) is 22.8 Å². The molecule has 1 aromatic rings. The van der Waals surface area contributed by atoms with E-state index in [9.17, 15) is 9.90 Å². The van der Waals surface area contributed by atoms with Crippen LogP contribution in [0.1, 0.15) is 21.5 Å². The van der Waals surface area contributed by atoms with E-state index in [1.165, 1.54) is 12.1 Å². The molecule has 0 aliphatic carbocycles. The first kappa shape index (κ1) is 10.4. The maximum Gasteiger partial charge on any atom is 0.337 e. The molecule has 1 aromatic carbocycles. The molecule has 0 aliphatic heterocycles. The fourth-order valence-corrected chi connectivity index (χ4v) is 1.33. The second kappa shape index (κ2) is 3.99. The third-order valence-electron chi connectivity index (χ3n) is 1.74. The van der Waals surface area contributed by atoms with Crippen LogP contribution in [0.4, 0.5) is 0 Å². The van der Waals surface area contributed by atoms with Gasteiger partial charge in [-0.2, -0.15) is 5.26 Å². The lowest BCUT2D eigenvalue weighted by molar-refractivity contribution is 0.0695. The highest BCUT2D eigenvalue weighted by Crippen LogP contribution is 2.24. The van der Waals surface area contributed by atoms with E-state index in [0.29, 0.717) is 5.56 Å². The number of phenolic OH excluding ortho intramolecular Hbond substituents is 1. The molecular formula is C9H6ClNO3. The second-order valence-corrected chi connectivity index (χ2v) is 2.81. The molecule has 72 valence electrons. The molecule has 0 aromatic heterocycles. The minimum Gasteiger partial charge on any atom is -0.507 e. The van der Waals surface area contributed by atoms with Gasteiger partial charge in [0.25, 0.3) is 0 Å². The van der Waals surface area contributed by atoms with Crippen molar-refractivity contribution >= 4 is 17.6 Å². The molecule has 14 heavy (non-hydrogen) atoms. The normalized spacial score (nSPS) is 9.43. The Balaban J connectivity index is 3.54. The number of rotatable bonds is 2. The van der Waals surface area contributed by atoms with Crippen molar-refractivity contribution in [1.82, 2.24) is 0 Å². The van der Waals surface area contributed by atoms with Gasteiger partial charge in [-0.05, 0) is 11.6 Å². The van der Waals surface area contributed by atoms with E-state index in [4.69, 9.17) is 22.0 Å².